The lowest BCUT2D eigenvalue weighted by atomic mass is 9.81. The molecule has 29 heavy (non-hydrogen) atoms. The molecule has 4 heteroatoms. The Balaban J connectivity index is 1.27. The largest absolute Gasteiger partial charge is 0.299 e. The van der Waals surface area contributed by atoms with Gasteiger partial charge in [0.25, 0.3) is 0 Å². The van der Waals surface area contributed by atoms with Crippen LogP contribution in [0.5, 0.6) is 0 Å². The lowest BCUT2D eigenvalue weighted by Crippen LogP contribution is -2.47. The summed E-state index contributed by atoms with van der Waals surface area (Å²) in [6, 6.07) is 22.2. The number of fused-ring (bicyclic) bond motifs is 1. The Bertz CT molecular complexity index is 936. The van der Waals surface area contributed by atoms with Crippen LogP contribution < -0.4 is 10.9 Å². The van der Waals surface area contributed by atoms with Gasteiger partial charge in [-0.3, -0.25) is 20.7 Å². The molecule has 2 fully saturated rings. The zero-order valence-corrected chi connectivity index (χ0v) is 16.9. The number of aromatic nitrogens is 1. The molecule has 3 aromatic rings. The molecule has 2 aliphatic heterocycles. The molecular weight excluding hydrogens is 356 g/mol. The summed E-state index contributed by atoms with van der Waals surface area (Å²) in [5.41, 5.74) is 11.0. The molecule has 2 N–H and O–H groups in total. The van der Waals surface area contributed by atoms with E-state index >= 15 is 0 Å². The van der Waals surface area contributed by atoms with Crippen molar-refractivity contribution in [3.63, 3.8) is 0 Å². The number of nitrogens with zero attached hydrogens (tertiary/aromatic N) is 2. The lowest BCUT2D eigenvalue weighted by Gasteiger charge is -2.37. The number of pyridine rings is 1. The molecule has 4 nitrogen and oxygen atoms in total. The number of benzene rings is 2. The SMILES string of the molecule is c1ccc(CC2CNNC2C2CCCN(Cc3cccc4cccnc34)C2)cc1. The van der Waals surface area contributed by atoms with Crippen LogP contribution in [-0.2, 0) is 13.0 Å². The number of rotatable bonds is 5. The van der Waals surface area contributed by atoms with Crippen molar-refractivity contribution >= 4 is 10.9 Å². The molecule has 0 saturated carbocycles. The first-order valence-corrected chi connectivity index (χ1v) is 10.9. The number of nitrogens with one attached hydrogen (secondary N) is 2. The molecule has 1 aromatic heterocycles. The Morgan fingerprint density at radius 1 is 1.00 bits per heavy atom. The summed E-state index contributed by atoms with van der Waals surface area (Å²) in [5.74, 6) is 1.34. The van der Waals surface area contributed by atoms with Crippen LogP contribution in [0, 0.1) is 11.8 Å². The van der Waals surface area contributed by atoms with Gasteiger partial charge < -0.3 is 0 Å². The van der Waals surface area contributed by atoms with Crippen molar-refractivity contribution in [3.8, 4) is 0 Å². The second-order valence-corrected chi connectivity index (χ2v) is 8.63. The summed E-state index contributed by atoms with van der Waals surface area (Å²) in [7, 11) is 0. The van der Waals surface area contributed by atoms with Crippen LogP contribution in [0.1, 0.15) is 24.0 Å². The molecule has 150 valence electrons. The summed E-state index contributed by atoms with van der Waals surface area (Å²) in [5, 5.41) is 1.24. The second kappa shape index (κ2) is 8.62. The Morgan fingerprint density at radius 3 is 2.83 bits per heavy atom. The zero-order valence-electron chi connectivity index (χ0n) is 16.9. The molecule has 0 amide bonds. The number of likely N-dealkylation sites (tertiary alicyclic amines) is 1. The van der Waals surface area contributed by atoms with E-state index in [-0.39, 0.29) is 0 Å². The van der Waals surface area contributed by atoms with E-state index in [4.69, 9.17) is 0 Å². The molecule has 2 aromatic carbocycles. The zero-order chi connectivity index (χ0) is 19.5. The highest BCUT2D eigenvalue weighted by Crippen LogP contribution is 2.29. The molecule has 5 rings (SSSR count). The van der Waals surface area contributed by atoms with Gasteiger partial charge in [-0.25, -0.2) is 0 Å². The maximum atomic E-state index is 4.65. The van der Waals surface area contributed by atoms with Crippen LogP contribution in [-0.4, -0.2) is 35.6 Å². The van der Waals surface area contributed by atoms with Crippen LogP contribution in [0.15, 0.2) is 66.9 Å². The highest BCUT2D eigenvalue weighted by atomic mass is 15.4. The van der Waals surface area contributed by atoms with Crippen molar-refractivity contribution in [3.05, 3.63) is 78.0 Å². The van der Waals surface area contributed by atoms with Crippen LogP contribution in [0.3, 0.4) is 0 Å². The fraction of sp³-hybridized carbons (Fsp3) is 0.400. The van der Waals surface area contributed by atoms with E-state index in [9.17, 15) is 0 Å². The monoisotopic (exact) mass is 386 g/mol. The van der Waals surface area contributed by atoms with E-state index in [1.807, 2.05) is 12.3 Å². The number of hydrogen-bond acceptors (Lipinski definition) is 4. The van der Waals surface area contributed by atoms with Crippen molar-refractivity contribution in [1.82, 2.24) is 20.7 Å². The maximum absolute atomic E-state index is 4.65. The first-order valence-electron chi connectivity index (χ1n) is 10.9. The summed E-state index contributed by atoms with van der Waals surface area (Å²) in [4.78, 5) is 7.29. The molecule has 0 bridgehead atoms. The molecule has 3 heterocycles. The molecule has 2 aliphatic rings. The van der Waals surface area contributed by atoms with E-state index in [0.717, 1.165) is 31.6 Å². The van der Waals surface area contributed by atoms with E-state index in [0.29, 0.717) is 17.9 Å². The average Bonchev–Trinajstić information content (AvgIpc) is 3.23. The molecule has 0 aliphatic carbocycles. The van der Waals surface area contributed by atoms with Gasteiger partial charge in [0.05, 0.1) is 5.52 Å². The molecule has 0 radical (unpaired) electrons. The molecule has 3 atom stereocenters. The predicted molar refractivity (Wildman–Crippen MR) is 118 cm³/mol. The van der Waals surface area contributed by atoms with Gasteiger partial charge in [0.2, 0.25) is 0 Å². The maximum Gasteiger partial charge on any atom is 0.0746 e. The first kappa shape index (κ1) is 18.7. The molecular formula is C25H30N4. The van der Waals surface area contributed by atoms with Gasteiger partial charge >= 0.3 is 0 Å². The molecule has 3 unspecified atom stereocenters. The topological polar surface area (TPSA) is 40.2 Å². The van der Waals surface area contributed by atoms with E-state index in [1.54, 1.807) is 0 Å². The van der Waals surface area contributed by atoms with Crippen molar-refractivity contribution in [2.45, 2.75) is 31.8 Å². The standard InChI is InChI=1S/C25H30N4/c1-2-7-19(8-3-1)15-23-16-27-28-25(23)22-12-6-14-29(18-22)17-21-10-4-9-20-11-5-13-26-24(20)21/h1-5,7-11,13,22-23,25,27-28H,6,12,14-18H2. The van der Waals surface area contributed by atoms with Crippen molar-refractivity contribution in [2.75, 3.05) is 19.6 Å². The van der Waals surface area contributed by atoms with E-state index < -0.39 is 0 Å². The minimum absolute atomic E-state index is 0.545. The average molecular weight is 387 g/mol. The number of piperidine rings is 1. The van der Waals surface area contributed by atoms with Gasteiger partial charge in [-0.05, 0) is 54.8 Å². The number of hydrogen-bond donors (Lipinski definition) is 2. The third kappa shape index (κ3) is 4.20. The quantitative estimate of drug-likeness (QED) is 0.700. The third-order valence-corrected chi connectivity index (χ3v) is 6.64. The fourth-order valence-corrected chi connectivity index (χ4v) is 5.24. The first-order chi connectivity index (χ1) is 14.4. The lowest BCUT2D eigenvalue weighted by molar-refractivity contribution is 0.132. The minimum atomic E-state index is 0.545. The van der Waals surface area contributed by atoms with Gasteiger partial charge in [0.1, 0.15) is 0 Å². The Labute approximate surface area is 173 Å². The second-order valence-electron chi connectivity index (χ2n) is 8.63. The van der Waals surface area contributed by atoms with Gasteiger partial charge in [-0.1, -0.05) is 54.6 Å². The van der Waals surface area contributed by atoms with E-state index in [2.05, 4.69) is 75.3 Å². The van der Waals surface area contributed by atoms with Crippen LogP contribution in [0.25, 0.3) is 10.9 Å². The van der Waals surface area contributed by atoms with Crippen LogP contribution in [0.4, 0.5) is 0 Å². The highest BCUT2D eigenvalue weighted by molar-refractivity contribution is 5.81. The summed E-state index contributed by atoms with van der Waals surface area (Å²) in [6.07, 6.45) is 5.65. The number of hydrazine groups is 1. The summed E-state index contributed by atoms with van der Waals surface area (Å²) < 4.78 is 0. The summed E-state index contributed by atoms with van der Waals surface area (Å²) in [6.45, 7) is 4.40. The minimum Gasteiger partial charge on any atom is -0.299 e. The van der Waals surface area contributed by atoms with E-state index in [1.165, 1.54) is 35.9 Å². The van der Waals surface area contributed by atoms with Crippen LogP contribution >= 0.6 is 0 Å². The third-order valence-electron chi connectivity index (χ3n) is 6.64. The molecule has 2 saturated heterocycles. The summed E-state index contributed by atoms with van der Waals surface area (Å²) >= 11 is 0. The van der Waals surface area contributed by atoms with Gasteiger partial charge in [-0.15, -0.1) is 0 Å². The van der Waals surface area contributed by atoms with Crippen molar-refractivity contribution in [1.29, 1.82) is 0 Å². The van der Waals surface area contributed by atoms with Gasteiger partial charge in [0, 0.05) is 37.3 Å². The normalized spacial score (nSPS) is 25.4. The van der Waals surface area contributed by atoms with Crippen molar-refractivity contribution < 1.29 is 0 Å². The number of para-hydroxylation sites is 1. The smallest absolute Gasteiger partial charge is 0.0746 e. The highest BCUT2D eigenvalue weighted by Gasteiger charge is 2.35. The molecule has 0 spiro atoms. The Morgan fingerprint density at radius 2 is 1.90 bits per heavy atom. The van der Waals surface area contributed by atoms with Gasteiger partial charge in [-0.2, -0.15) is 0 Å². The van der Waals surface area contributed by atoms with Crippen molar-refractivity contribution in [2.24, 2.45) is 11.8 Å². The Hall–Kier alpha value is -2.27. The van der Waals surface area contributed by atoms with Crippen LogP contribution in [0.2, 0.25) is 0 Å². The fourth-order valence-electron chi connectivity index (χ4n) is 5.24. The predicted octanol–water partition coefficient (Wildman–Crippen LogP) is 3.78. The van der Waals surface area contributed by atoms with Gasteiger partial charge in [0.15, 0.2) is 0 Å². The Kier molecular flexibility index (Phi) is 5.57.